The monoisotopic (exact) mass is 409 g/mol. The van der Waals surface area contributed by atoms with Crippen molar-refractivity contribution in [3.05, 3.63) is 16.3 Å². The summed E-state index contributed by atoms with van der Waals surface area (Å²) in [5.41, 5.74) is 1.29. The van der Waals surface area contributed by atoms with Gasteiger partial charge in [-0.1, -0.05) is 12.2 Å². The first-order valence-electron chi connectivity index (χ1n) is 9.26. The molecule has 2 saturated heterocycles. The van der Waals surface area contributed by atoms with E-state index < -0.39 is 0 Å². The smallest absolute Gasteiger partial charge is 0.186 e. The lowest BCUT2D eigenvalue weighted by Crippen LogP contribution is -3.12. The summed E-state index contributed by atoms with van der Waals surface area (Å²) in [6.45, 7) is 11.1. The van der Waals surface area contributed by atoms with Gasteiger partial charge in [0, 0.05) is 23.4 Å². The lowest BCUT2D eigenvalue weighted by molar-refractivity contribution is -0.922. The highest BCUT2D eigenvalue weighted by molar-refractivity contribution is 8.23. The van der Waals surface area contributed by atoms with Gasteiger partial charge in [-0.25, -0.2) is 9.97 Å². The van der Waals surface area contributed by atoms with Crippen LogP contribution in [0.2, 0.25) is 0 Å². The number of fused-ring (bicyclic) bond motifs is 1. The number of aromatic nitrogens is 2. The van der Waals surface area contributed by atoms with Gasteiger partial charge in [0.2, 0.25) is 0 Å². The van der Waals surface area contributed by atoms with E-state index in [1.165, 1.54) is 33.6 Å². The molecule has 1 N–H and O–H groups in total. The van der Waals surface area contributed by atoms with E-state index in [2.05, 4.69) is 18.7 Å². The third kappa shape index (κ3) is 3.89. The predicted molar refractivity (Wildman–Crippen MR) is 111 cm³/mol. The van der Waals surface area contributed by atoms with E-state index in [4.69, 9.17) is 26.9 Å². The van der Waals surface area contributed by atoms with Gasteiger partial charge >= 0.3 is 0 Å². The van der Waals surface area contributed by atoms with Crippen LogP contribution in [0.1, 0.15) is 29.1 Å². The second kappa shape index (κ2) is 8.06. The second-order valence-electron chi connectivity index (χ2n) is 7.01. The van der Waals surface area contributed by atoms with Gasteiger partial charge in [-0.3, -0.25) is 0 Å². The molecule has 0 bridgehead atoms. The standard InChI is InChI=1S/C18H24N4OS3/c1-12-13(2)25-16-15(12)17(26-18(24)22-5-3-4-6-22)20-14(19-16)11-21-7-9-23-10-8-21/h3-11H2,1-2H3/p+1. The number of aryl methyl sites for hydroxylation is 2. The lowest BCUT2D eigenvalue weighted by atomic mass is 10.2. The Morgan fingerprint density at radius 1 is 1.23 bits per heavy atom. The van der Waals surface area contributed by atoms with Gasteiger partial charge in [0.05, 0.1) is 13.2 Å². The van der Waals surface area contributed by atoms with Crippen LogP contribution in [0.25, 0.3) is 10.2 Å². The minimum Gasteiger partial charge on any atom is -0.370 e. The highest BCUT2D eigenvalue weighted by atomic mass is 32.2. The van der Waals surface area contributed by atoms with Crippen molar-refractivity contribution in [3.63, 3.8) is 0 Å². The first-order chi connectivity index (χ1) is 12.6. The lowest BCUT2D eigenvalue weighted by Gasteiger charge is -2.23. The normalized spacial score (nSPS) is 18.8. The van der Waals surface area contributed by atoms with E-state index in [-0.39, 0.29) is 0 Å². The van der Waals surface area contributed by atoms with Crippen molar-refractivity contribution in [1.82, 2.24) is 14.9 Å². The minimum atomic E-state index is 0.829. The van der Waals surface area contributed by atoms with Crippen molar-refractivity contribution in [2.24, 2.45) is 0 Å². The number of hydrogen-bond acceptors (Lipinski definition) is 6. The minimum absolute atomic E-state index is 0.829. The van der Waals surface area contributed by atoms with E-state index in [1.54, 1.807) is 23.1 Å². The van der Waals surface area contributed by atoms with Gasteiger partial charge < -0.3 is 14.5 Å². The number of likely N-dealkylation sites (tertiary alicyclic amines) is 1. The number of thiocarbonyl (C=S) groups is 1. The molecule has 0 aliphatic carbocycles. The van der Waals surface area contributed by atoms with Crippen LogP contribution in [0.15, 0.2) is 5.03 Å². The number of rotatable bonds is 3. The summed E-state index contributed by atoms with van der Waals surface area (Å²) in [4.78, 5) is 16.1. The fourth-order valence-electron chi connectivity index (χ4n) is 3.52. The molecule has 0 saturated carbocycles. The molecule has 4 rings (SSSR count). The Kier molecular flexibility index (Phi) is 5.75. The number of nitrogens with one attached hydrogen (secondary N) is 1. The van der Waals surface area contributed by atoms with Crippen molar-refractivity contribution in [2.75, 3.05) is 39.4 Å². The van der Waals surface area contributed by atoms with Crippen molar-refractivity contribution in [2.45, 2.75) is 38.3 Å². The van der Waals surface area contributed by atoms with Crippen molar-refractivity contribution < 1.29 is 9.64 Å². The van der Waals surface area contributed by atoms with Crippen LogP contribution in [0.4, 0.5) is 0 Å². The van der Waals surface area contributed by atoms with Gasteiger partial charge in [0.15, 0.2) is 5.82 Å². The van der Waals surface area contributed by atoms with E-state index >= 15 is 0 Å². The van der Waals surface area contributed by atoms with Gasteiger partial charge in [0.1, 0.15) is 33.8 Å². The summed E-state index contributed by atoms with van der Waals surface area (Å²) in [5, 5.41) is 2.23. The second-order valence-corrected chi connectivity index (χ2v) is 9.84. The average molecular weight is 410 g/mol. The molecule has 0 atom stereocenters. The molecule has 140 valence electrons. The topological polar surface area (TPSA) is 42.7 Å². The highest BCUT2D eigenvalue weighted by Gasteiger charge is 2.22. The highest BCUT2D eigenvalue weighted by Crippen LogP contribution is 2.36. The summed E-state index contributed by atoms with van der Waals surface area (Å²) in [7, 11) is 0. The summed E-state index contributed by atoms with van der Waals surface area (Å²) >= 11 is 9.15. The van der Waals surface area contributed by atoms with E-state index in [0.717, 1.165) is 65.9 Å². The third-order valence-corrected chi connectivity index (χ3v) is 7.73. The molecular formula is C18H25N4OS3+. The molecular weight excluding hydrogens is 384 g/mol. The zero-order valence-electron chi connectivity index (χ0n) is 15.3. The first kappa shape index (κ1) is 18.6. The van der Waals surface area contributed by atoms with Gasteiger partial charge in [-0.05, 0) is 44.0 Å². The molecule has 2 aromatic rings. The Labute approximate surface area is 168 Å². The molecule has 2 aliphatic rings. The number of thiophene rings is 1. The Balaban J connectivity index is 1.64. The van der Waals surface area contributed by atoms with Gasteiger partial charge in [0.25, 0.3) is 0 Å². The summed E-state index contributed by atoms with van der Waals surface area (Å²) in [6, 6.07) is 0. The van der Waals surface area contributed by atoms with Crippen LogP contribution in [-0.4, -0.2) is 58.6 Å². The number of quaternary nitrogens is 1. The molecule has 0 spiro atoms. The molecule has 0 amide bonds. The van der Waals surface area contributed by atoms with Crippen molar-refractivity contribution >= 4 is 49.9 Å². The molecule has 2 aromatic heterocycles. The number of thioether (sulfide) groups is 1. The number of hydrogen-bond donors (Lipinski definition) is 1. The number of ether oxygens (including phenoxy) is 1. The maximum Gasteiger partial charge on any atom is 0.186 e. The Bertz CT molecular complexity index is 810. The Morgan fingerprint density at radius 2 is 1.96 bits per heavy atom. The van der Waals surface area contributed by atoms with E-state index in [0.29, 0.717) is 0 Å². The predicted octanol–water partition coefficient (Wildman–Crippen LogP) is 2.20. The quantitative estimate of drug-likeness (QED) is 0.476. The summed E-state index contributed by atoms with van der Waals surface area (Å²) < 4.78 is 6.43. The average Bonchev–Trinajstić information content (AvgIpc) is 3.25. The first-order valence-corrected chi connectivity index (χ1v) is 11.3. The van der Waals surface area contributed by atoms with Gasteiger partial charge in [-0.15, -0.1) is 11.3 Å². The molecule has 0 radical (unpaired) electrons. The number of morpholine rings is 1. The van der Waals surface area contributed by atoms with Gasteiger partial charge in [-0.2, -0.15) is 0 Å². The molecule has 0 unspecified atom stereocenters. The molecule has 8 heteroatoms. The molecule has 0 aromatic carbocycles. The van der Waals surface area contributed by atoms with Crippen LogP contribution in [0.5, 0.6) is 0 Å². The fourth-order valence-corrected chi connectivity index (χ4v) is 6.03. The largest absolute Gasteiger partial charge is 0.370 e. The number of nitrogens with zero attached hydrogens (tertiary/aromatic N) is 3. The maximum absolute atomic E-state index is 5.72. The third-order valence-electron chi connectivity index (χ3n) is 5.20. The van der Waals surface area contributed by atoms with E-state index in [1.807, 2.05) is 0 Å². The van der Waals surface area contributed by atoms with Crippen LogP contribution in [0, 0.1) is 13.8 Å². The van der Waals surface area contributed by atoms with Crippen LogP contribution < -0.4 is 4.90 Å². The zero-order valence-corrected chi connectivity index (χ0v) is 17.8. The Hall–Kier alpha value is -0.800. The summed E-state index contributed by atoms with van der Waals surface area (Å²) in [5.74, 6) is 0.933. The zero-order chi connectivity index (χ0) is 18.1. The van der Waals surface area contributed by atoms with Crippen LogP contribution >= 0.6 is 35.3 Å². The molecule has 5 nitrogen and oxygen atoms in total. The molecule has 2 aliphatic heterocycles. The van der Waals surface area contributed by atoms with Crippen LogP contribution in [0.3, 0.4) is 0 Å². The van der Waals surface area contributed by atoms with Crippen LogP contribution in [-0.2, 0) is 11.3 Å². The maximum atomic E-state index is 5.72. The van der Waals surface area contributed by atoms with E-state index in [9.17, 15) is 0 Å². The molecule has 2 fully saturated rings. The fraction of sp³-hybridized carbons (Fsp3) is 0.611. The summed E-state index contributed by atoms with van der Waals surface area (Å²) in [6.07, 6.45) is 2.48. The SMILES string of the molecule is Cc1sc2nc(C[NH+]3CCOCC3)nc(SC(=S)N3CCCC3)c2c1C. The van der Waals surface area contributed by atoms with Crippen molar-refractivity contribution in [1.29, 1.82) is 0 Å². The molecule has 4 heterocycles. The Morgan fingerprint density at radius 3 is 2.69 bits per heavy atom. The van der Waals surface area contributed by atoms with Crippen molar-refractivity contribution in [3.8, 4) is 0 Å². The molecule has 26 heavy (non-hydrogen) atoms.